The van der Waals surface area contributed by atoms with Gasteiger partial charge in [0.25, 0.3) is 0 Å². The molecule has 1 aliphatic heterocycles. The van der Waals surface area contributed by atoms with Crippen molar-refractivity contribution in [2.75, 3.05) is 26.2 Å². The Labute approximate surface area is 134 Å². The molecule has 1 aliphatic rings. The van der Waals surface area contributed by atoms with E-state index in [2.05, 4.69) is 70.9 Å². The van der Waals surface area contributed by atoms with E-state index < -0.39 is 0 Å². The summed E-state index contributed by atoms with van der Waals surface area (Å²) in [4.78, 5) is 2.62. The van der Waals surface area contributed by atoms with Gasteiger partial charge in [0.05, 0.1) is 0 Å². The van der Waals surface area contributed by atoms with Gasteiger partial charge in [0.2, 0.25) is 0 Å². The average molecular weight is 294 g/mol. The van der Waals surface area contributed by atoms with Crippen molar-refractivity contribution in [2.24, 2.45) is 0 Å². The van der Waals surface area contributed by atoms with Crippen molar-refractivity contribution >= 4 is 0 Å². The molecule has 1 fully saturated rings. The first-order valence-electron chi connectivity index (χ1n) is 8.44. The van der Waals surface area contributed by atoms with Gasteiger partial charge >= 0.3 is 0 Å². The molecule has 1 heterocycles. The quantitative estimate of drug-likeness (QED) is 0.880. The third-order valence-corrected chi connectivity index (χ3v) is 4.45. The van der Waals surface area contributed by atoms with Gasteiger partial charge in [-0.05, 0) is 36.9 Å². The van der Waals surface area contributed by atoms with Crippen LogP contribution in [0.5, 0.6) is 0 Å². The van der Waals surface area contributed by atoms with Crippen LogP contribution in [0.1, 0.15) is 17.5 Å². The smallest absolute Gasteiger partial charge is 0.0235 e. The number of rotatable bonds is 6. The minimum atomic E-state index is 0.591. The largest absolute Gasteiger partial charge is 0.311 e. The summed E-state index contributed by atoms with van der Waals surface area (Å²) >= 11 is 0. The van der Waals surface area contributed by atoms with Gasteiger partial charge in [-0.3, -0.25) is 0 Å². The zero-order chi connectivity index (χ0) is 15.0. The highest BCUT2D eigenvalue weighted by Crippen LogP contribution is 2.09. The predicted molar refractivity (Wildman–Crippen MR) is 93.1 cm³/mol. The van der Waals surface area contributed by atoms with Crippen molar-refractivity contribution in [3.8, 4) is 0 Å². The maximum atomic E-state index is 3.66. The zero-order valence-electron chi connectivity index (χ0n) is 13.2. The lowest BCUT2D eigenvalue weighted by molar-refractivity contribution is 0.197. The highest BCUT2D eigenvalue weighted by atomic mass is 15.2. The van der Waals surface area contributed by atoms with E-state index >= 15 is 0 Å². The minimum absolute atomic E-state index is 0.591. The fourth-order valence-corrected chi connectivity index (χ4v) is 3.28. The summed E-state index contributed by atoms with van der Waals surface area (Å²) in [6, 6.07) is 22.2. The Morgan fingerprint density at radius 3 is 2.32 bits per heavy atom. The average Bonchev–Trinajstić information content (AvgIpc) is 2.57. The van der Waals surface area contributed by atoms with Crippen molar-refractivity contribution in [2.45, 2.75) is 25.3 Å². The molecule has 0 aliphatic carbocycles. The summed E-state index contributed by atoms with van der Waals surface area (Å²) < 4.78 is 0. The highest BCUT2D eigenvalue weighted by Gasteiger charge is 2.18. The first-order chi connectivity index (χ1) is 10.9. The second kappa shape index (κ2) is 8.11. The Morgan fingerprint density at radius 1 is 0.909 bits per heavy atom. The molecular weight excluding hydrogens is 268 g/mol. The van der Waals surface area contributed by atoms with Gasteiger partial charge in [0, 0.05) is 25.7 Å². The van der Waals surface area contributed by atoms with Gasteiger partial charge in [0.1, 0.15) is 0 Å². The second-order valence-corrected chi connectivity index (χ2v) is 6.23. The lowest BCUT2D eigenvalue weighted by Gasteiger charge is -2.33. The maximum Gasteiger partial charge on any atom is 0.0235 e. The number of hydrogen-bond acceptors (Lipinski definition) is 2. The van der Waals surface area contributed by atoms with Crippen LogP contribution in [-0.4, -0.2) is 37.1 Å². The van der Waals surface area contributed by atoms with E-state index in [1.165, 1.54) is 43.6 Å². The third-order valence-electron chi connectivity index (χ3n) is 4.45. The molecule has 2 aromatic rings. The van der Waals surface area contributed by atoms with E-state index in [0.717, 1.165) is 13.0 Å². The number of nitrogens with one attached hydrogen (secondary N) is 1. The predicted octanol–water partition coefficient (Wildman–Crippen LogP) is 3.14. The molecule has 2 aromatic carbocycles. The first kappa shape index (κ1) is 15.3. The van der Waals surface area contributed by atoms with E-state index in [-0.39, 0.29) is 0 Å². The van der Waals surface area contributed by atoms with Crippen molar-refractivity contribution in [3.63, 3.8) is 0 Å². The Bertz CT molecular complexity index is 538. The zero-order valence-corrected chi connectivity index (χ0v) is 13.2. The molecule has 0 spiro atoms. The molecule has 116 valence electrons. The molecule has 22 heavy (non-hydrogen) atoms. The topological polar surface area (TPSA) is 15.3 Å². The lowest BCUT2D eigenvalue weighted by atomic mass is 10.0. The molecule has 2 nitrogen and oxygen atoms in total. The second-order valence-electron chi connectivity index (χ2n) is 6.23. The highest BCUT2D eigenvalue weighted by molar-refractivity contribution is 5.16. The van der Waals surface area contributed by atoms with Crippen molar-refractivity contribution < 1.29 is 0 Å². The van der Waals surface area contributed by atoms with Crippen LogP contribution < -0.4 is 5.32 Å². The fraction of sp³-hybridized carbons (Fsp3) is 0.400. The Morgan fingerprint density at radius 2 is 1.59 bits per heavy atom. The molecule has 0 unspecified atom stereocenters. The van der Waals surface area contributed by atoms with Crippen LogP contribution >= 0.6 is 0 Å². The number of aryl methyl sites for hydroxylation is 1. The number of piperazine rings is 1. The molecule has 1 atom stereocenters. The summed E-state index contributed by atoms with van der Waals surface area (Å²) in [6.07, 6.45) is 3.58. The van der Waals surface area contributed by atoms with Gasteiger partial charge in [0.15, 0.2) is 0 Å². The molecule has 1 N–H and O–H groups in total. The molecule has 0 aromatic heterocycles. The summed E-state index contributed by atoms with van der Waals surface area (Å²) in [6.45, 7) is 4.68. The summed E-state index contributed by atoms with van der Waals surface area (Å²) in [5.74, 6) is 0. The fourth-order valence-electron chi connectivity index (χ4n) is 3.28. The molecule has 0 amide bonds. The Kier molecular flexibility index (Phi) is 5.63. The number of nitrogens with zero attached hydrogens (tertiary/aromatic N) is 1. The van der Waals surface area contributed by atoms with Gasteiger partial charge < -0.3 is 10.2 Å². The van der Waals surface area contributed by atoms with Crippen molar-refractivity contribution in [1.82, 2.24) is 10.2 Å². The maximum absolute atomic E-state index is 3.66. The van der Waals surface area contributed by atoms with E-state index in [9.17, 15) is 0 Å². The summed E-state index contributed by atoms with van der Waals surface area (Å²) in [5, 5.41) is 3.66. The van der Waals surface area contributed by atoms with Gasteiger partial charge in [-0.1, -0.05) is 60.7 Å². The standard InChI is InChI=1S/C20H26N2/c1-3-8-18(9-4-1)12-7-14-22-15-13-21-20(17-22)16-19-10-5-2-6-11-19/h1-6,8-11,20-21H,7,12-17H2/t20-/m0/s1. The third kappa shape index (κ3) is 4.69. The van der Waals surface area contributed by atoms with Crippen molar-refractivity contribution in [3.05, 3.63) is 71.8 Å². The van der Waals surface area contributed by atoms with Crippen LogP contribution in [0, 0.1) is 0 Å². The molecule has 0 saturated carbocycles. The van der Waals surface area contributed by atoms with Gasteiger partial charge in [-0.2, -0.15) is 0 Å². The Hall–Kier alpha value is -1.64. The molecule has 0 bridgehead atoms. The molecular formula is C20H26N2. The molecule has 0 radical (unpaired) electrons. The van der Waals surface area contributed by atoms with Gasteiger partial charge in [-0.25, -0.2) is 0 Å². The van der Waals surface area contributed by atoms with Crippen molar-refractivity contribution in [1.29, 1.82) is 0 Å². The number of benzene rings is 2. The SMILES string of the molecule is c1ccc(CCCN2CCN[C@@H](Cc3ccccc3)C2)cc1. The van der Waals surface area contributed by atoms with E-state index in [4.69, 9.17) is 0 Å². The van der Waals surface area contributed by atoms with Crippen LogP contribution in [0.3, 0.4) is 0 Å². The van der Waals surface area contributed by atoms with Crippen LogP contribution in [-0.2, 0) is 12.8 Å². The van der Waals surface area contributed by atoms with E-state index in [0.29, 0.717) is 6.04 Å². The van der Waals surface area contributed by atoms with E-state index in [1.54, 1.807) is 0 Å². The summed E-state index contributed by atoms with van der Waals surface area (Å²) in [7, 11) is 0. The van der Waals surface area contributed by atoms with Crippen LogP contribution in [0.2, 0.25) is 0 Å². The minimum Gasteiger partial charge on any atom is -0.311 e. The monoisotopic (exact) mass is 294 g/mol. The number of hydrogen-bond donors (Lipinski definition) is 1. The van der Waals surface area contributed by atoms with Crippen LogP contribution in [0.15, 0.2) is 60.7 Å². The van der Waals surface area contributed by atoms with Crippen LogP contribution in [0.4, 0.5) is 0 Å². The molecule has 1 saturated heterocycles. The van der Waals surface area contributed by atoms with Crippen LogP contribution in [0.25, 0.3) is 0 Å². The van der Waals surface area contributed by atoms with Gasteiger partial charge in [-0.15, -0.1) is 0 Å². The molecule has 3 rings (SSSR count). The normalized spacial score (nSPS) is 19.2. The lowest BCUT2D eigenvalue weighted by Crippen LogP contribution is -2.51. The van der Waals surface area contributed by atoms with E-state index in [1.807, 2.05) is 0 Å². The molecule has 2 heteroatoms. The summed E-state index contributed by atoms with van der Waals surface area (Å²) in [5.41, 5.74) is 2.89. The Balaban J connectivity index is 1.42. The first-order valence-corrected chi connectivity index (χ1v) is 8.44.